The van der Waals surface area contributed by atoms with Gasteiger partial charge < -0.3 is 70.3 Å². The van der Waals surface area contributed by atoms with E-state index >= 15 is 0 Å². The Labute approximate surface area is 267 Å². The Hall–Kier alpha value is 0.630. The van der Waals surface area contributed by atoms with Crippen LogP contribution in [0.5, 0.6) is 0 Å². The van der Waals surface area contributed by atoms with E-state index in [1.807, 2.05) is 0 Å². The number of ether oxygens (including phenoxy) is 1. The van der Waals surface area contributed by atoms with Gasteiger partial charge in [0, 0.05) is 0 Å². The number of phosphoric acid groups is 2. The number of aliphatic hydroxyl groups is 1. The number of nitrogens with two attached hydrogens (primary N) is 1. The summed E-state index contributed by atoms with van der Waals surface area (Å²) in [7, 11) is -17.2. The minimum Gasteiger partial charge on any atom is -0.790 e. The second-order valence-electron chi connectivity index (χ2n) is 5.88. The van der Waals surface area contributed by atoms with Crippen LogP contribution < -0.4 is 95.9 Å². The van der Waals surface area contributed by atoms with Crippen LogP contribution in [0.3, 0.4) is 0 Å². The van der Waals surface area contributed by atoms with Gasteiger partial charge in [0.05, 0.1) is 20.8 Å². The predicted octanol–water partition coefficient (Wildman–Crippen LogP) is -19.4. The number of rotatable bonds is 8. The molecule has 0 saturated carbocycles. The van der Waals surface area contributed by atoms with Crippen molar-refractivity contribution in [3.8, 4) is 0 Å². The molecule has 5 atom stereocenters. The minimum absolute atomic E-state index is 0. The van der Waals surface area contributed by atoms with Crippen molar-refractivity contribution in [2.75, 3.05) is 12.3 Å². The van der Waals surface area contributed by atoms with E-state index in [0.717, 1.165) is 17.2 Å². The summed E-state index contributed by atoms with van der Waals surface area (Å²) in [6, 6.07) is 0. The van der Waals surface area contributed by atoms with Crippen LogP contribution in [-0.4, -0.2) is 84.4 Å². The molecule has 22 nitrogen and oxygen atoms in total. The Kier molecular flexibility index (Phi) is 26.5. The van der Waals surface area contributed by atoms with Crippen LogP contribution in [0.4, 0.5) is 5.82 Å². The molecule has 3 heterocycles. The molecule has 0 radical (unpaired) electrons. The standard InChI is InChI=1S/C10H15N5O13P2S.4Li.4H2O/c11-8-5-9(13-2-12-8)15(3-14-5)10-6(16)7(27-29(17,18)19)4(26-10)1-25-30(20,21)28-31(22,23)24;;;;;;;;/h2-4,6-7,10,16H,1H2,(H,20,21)(H2,11,12,13)(H2,17,18,19)(H,22,23,24);;;;;4*1H2/q;4*+1;;;;/p-4/t4-,6-,7-,10-;;;;;;;;/m1......../s1. The number of aliphatic hydroxyl groups excluding tert-OH is 1. The maximum absolute atomic E-state index is 11.4. The van der Waals surface area contributed by atoms with E-state index in [1.165, 1.54) is 0 Å². The molecule has 0 amide bonds. The van der Waals surface area contributed by atoms with Crippen molar-refractivity contribution < 1.29 is 157 Å². The van der Waals surface area contributed by atoms with Crippen LogP contribution in [0.15, 0.2) is 12.7 Å². The number of anilines is 1. The Morgan fingerprint density at radius 3 is 2.08 bits per heavy atom. The zero-order chi connectivity index (χ0) is 23.2. The van der Waals surface area contributed by atoms with Crippen LogP contribution >= 0.6 is 15.6 Å². The third kappa shape index (κ3) is 14.1. The van der Waals surface area contributed by atoms with Gasteiger partial charge >= 0.3 is 75.4 Å². The van der Waals surface area contributed by atoms with Crippen LogP contribution in [-0.2, 0) is 37.3 Å². The molecule has 39 heavy (non-hydrogen) atoms. The van der Waals surface area contributed by atoms with Gasteiger partial charge in [-0.3, -0.25) is 9.13 Å². The molecule has 206 valence electrons. The molecule has 2 aromatic heterocycles. The molecule has 1 saturated heterocycles. The maximum Gasteiger partial charge on any atom is 1.00 e. The topological polar surface area (TPSA) is 413 Å². The van der Waals surface area contributed by atoms with Crippen molar-refractivity contribution in [2.45, 2.75) is 24.5 Å². The fraction of sp³-hybridized carbons (Fsp3) is 0.500. The van der Waals surface area contributed by atoms with Gasteiger partial charge in [-0.1, -0.05) is 0 Å². The van der Waals surface area contributed by atoms with Crippen LogP contribution in [0.1, 0.15) is 6.23 Å². The SMILES string of the molecule is Nc1ncnc2c1ncn2[C@@H]1O[C@H](COP(=O)([O-])OS(=O)(=O)[O-])[C@@H](OP(=O)([O-])[O-])[C@H]1O.O.O.O.O.[Li+].[Li+].[Li+].[Li+]. The van der Waals surface area contributed by atoms with Crippen molar-refractivity contribution in [3.05, 3.63) is 12.7 Å². The number of hydrogen-bond acceptors (Lipinski definition) is 17. The Balaban J connectivity index is -0.000000340. The van der Waals surface area contributed by atoms with Crippen LogP contribution in [0, 0.1) is 0 Å². The third-order valence-corrected chi connectivity index (χ3v) is 6.23. The molecule has 0 aliphatic carbocycles. The normalized spacial score (nSPS) is 21.4. The molecule has 2 aromatic rings. The molecule has 0 aromatic carbocycles. The number of nitrogen functional groups attached to an aromatic ring is 1. The van der Waals surface area contributed by atoms with E-state index < -0.39 is 57.2 Å². The van der Waals surface area contributed by atoms with Crippen molar-refractivity contribution >= 4 is 43.0 Å². The average molecular weight is 603 g/mol. The van der Waals surface area contributed by atoms with Crippen molar-refractivity contribution in [1.29, 1.82) is 0 Å². The van der Waals surface area contributed by atoms with E-state index in [2.05, 4.69) is 28.0 Å². The number of hydrogen-bond donors (Lipinski definition) is 2. The Morgan fingerprint density at radius 1 is 1.05 bits per heavy atom. The number of aromatic nitrogens is 4. The Bertz CT molecular complexity index is 1190. The van der Waals surface area contributed by atoms with Gasteiger partial charge in [0.1, 0.15) is 30.2 Å². The van der Waals surface area contributed by atoms with Crippen molar-refractivity contribution in [1.82, 2.24) is 19.5 Å². The van der Waals surface area contributed by atoms with Gasteiger partial charge in [-0.15, -0.1) is 0 Å². The largest absolute Gasteiger partial charge is 1.00 e. The molecular weight excluding hydrogens is 584 g/mol. The zero-order valence-corrected chi connectivity index (χ0v) is 23.3. The maximum atomic E-state index is 11.4. The first-order chi connectivity index (χ1) is 14.2. The first-order valence-corrected chi connectivity index (χ1v) is 12.0. The van der Waals surface area contributed by atoms with Gasteiger partial charge in [-0.2, -0.15) is 0 Å². The number of imidazole rings is 1. The smallest absolute Gasteiger partial charge is 0.790 e. The summed E-state index contributed by atoms with van der Waals surface area (Å²) < 4.78 is 71.8. The predicted molar refractivity (Wildman–Crippen MR) is 101 cm³/mol. The van der Waals surface area contributed by atoms with Gasteiger partial charge in [0.2, 0.25) is 10.4 Å². The van der Waals surface area contributed by atoms with Gasteiger partial charge in [0.25, 0.3) is 7.82 Å². The summed E-state index contributed by atoms with van der Waals surface area (Å²) >= 11 is 0. The van der Waals surface area contributed by atoms with Gasteiger partial charge in [-0.25, -0.2) is 27.3 Å². The van der Waals surface area contributed by atoms with E-state index in [-0.39, 0.29) is 114 Å². The summed E-state index contributed by atoms with van der Waals surface area (Å²) in [4.78, 5) is 45.0. The molecule has 3 rings (SSSR count). The van der Waals surface area contributed by atoms with Gasteiger partial charge in [-0.05, 0) is 0 Å². The summed E-state index contributed by atoms with van der Waals surface area (Å²) in [5.74, 6) is -0.0456. The molecule has 29 heteroatoms. The first kappa shape index (κ1) is 52.3. The van der Waals surface area contributed by atoms with E-state index in [4.69, 9.17) is 10.5 Å². The van der Waals surface area contributed by atoms with Crippen LogP contribution in [0.2, 0.25) is 0 Å². The van der Waals surface area contributed by atoms with Crippen LogP contribution in [0.25, 0.3) is 11.2 Å². The molecule has 0 bridgehead atoms. The Morgan fingerprint density at radius 2 is 1.59 bits per heavy atom. The summed E-state index contributed by atoms with van der Waals surface area (Å²) in [5, 5.41) is 10.4. The number of phosphoric ester groups is 2. The molecular formula is C10H19Li4N5O17P2S. The number of nitrogens with zero attached hydrogens (tertiary/aromatic N) is 4. The second kappa shape index (κ2) is 19.7. The second-order valence-corrected chi connectivity index (χ2v) is 9.55. The third-order valence-electron chi connectivity index (χ3n) is 3.80. The molecule has 0 spiro atoms. The van der Waals surface area contributed by atoms with Crippen molar-refractivity contribution in [3.63, 3.8) is 0 Å². The monoisotopic (exact) mass is 603 g/mol. The van der Waals surface area contributed by atoms with E-state index in [0.29, 0.717) is 0 Å². The van der Waals surface area contributed by atoms with E-state index in [9.17, 15) is 41.9 Å². The van der Waals surface area contributed by atoms with E-state index in [1.54, 1.807) is 0 Å². The molecule has 1 fully saturated rings. The quantitative estimate of drug-likeness (QED) is 0.122. The van der Waals surface area contributed by atoms with Gasteiger partial charge in [0.15, 0.2) is 17.7 Å². The minimum atomic E-state index is -5.74. The zero-order valence-electron chi connectivity index (χ0n) is 20.7. The number of fused-ring (bicyclic) bond motifs is 1. The molecule has 1 unspecified atom stereocenters. The fourth-order valence-corrected chi connectivity index (χ4v) is 4.67. The van der Waals surface area contributed by atoms with Crippen molar-refractivity contribution in [2.24, 2.45) is 0 Å². The summed E-state index contributed by atoms with van der Waals surface area (Å²) in [6.45, 7) is -1.21. The summed E-state index contributed by atoms with van der Waals surface area (Å²) in [5.41, 5.74) is 5.73. The average Bonchev–Trinajstić information content (AvgIpc) is 3.13. The fourth-order valence-electron chi connectivity index (χ4n) is 2.72. The molecule has 1 aliphatic heterocycles. The summed E-state index contributed by atoms with van der Waals surface area (Å²) in [6.07, 6.45) is -5.14. The first-order valence-electron chi connectivity index (χ1n) is 7.76. The molecule has 1 aliphatic rings. The molecule has 11 N–H and O–H groups in total.